The molecular weight excluding hydrogens is 679 g/mol. The minimum atomic E-state index is 1.14. The monoisotopic (exact) mass is 709 g/mol. The standard InChI is InChI=1S/C50H31NS2/c1-3-14-33(15-4-1)38-27-28-42(50-48(38)43-21-11-12-22-46(43)52-50)44-31-45-40-26-25-37(30-47(40)53-49(45)41-20-10-9-19-39(41)44)51(35-17-5-2-6-18-35)36-24-23-32-13-7-8-16-34(32)29-36/h1-31H. The van der Waals surface area contributed by atoms with Gasteiger partial charge in [-0.15, -0.1) is 22.7 Å². The van der Waals surface area contributed by atoms with Gasteiger partial charge in [-0.25, -0.2) is 0 Å². The molecule has 0 fully saturated rings. The van der Waals surface area contributed by atoms with Gasteiger partial charge < -0.3 is 4.90 Å². The SMILES string of the molecule is c1ccc(-c2ccc(-c3cc4c5ccc(N(c6ccccc6)c6ccc7ccccc7c6)cc5sc4c4ccccc34)c3sc4ccccc4c23)cc1. The van der Waals surface area contributed by atoms with E-state index in [-0.39, 0.29) is 0 Å². The predicted octanol–water partition coefficient (Wildman–Crippen LogP) is 15.5. The van der Waals surface area contributed by atoms with Crippen molar-refractivity contribution in [3.05, 3.63) is 188 Å². The van der Waals surface area contributed by atoms with E-state index in [4.69, 9.17) is 0 Å². The molecule has 0 amide bonds. The first-order chi connectivity index (χ1) is 26.3. The van der Waals surface area contributed by atoms with Gasteiger partial charge in [0.2, 0.25) is 0 Å². The van der Waals surface area contributed by atoms with Crippen molar-refractivity contribution in [2.45, 2.75) is 0 Å². The van der Waals surface area contributed by atoms with Crippen molar-refractivity contribution in [2.75, 3.05) is 4.90 Å². The van der Waals surface area contributed by atoms with Gasteiger partial charge in [0.05, 0.1) is 0 Å². The van der Waals surface area contributed by atoms with E-state index in [9.17, 15) is 0 Å². The van der Waals surface area contributed by atoms with Crippen LogP contribution in [0.2, 0.25) is 0 Å². The number of anilines is 3. The van der Waals surface area contributed by atoms with Crippen molar-refractivity contribution in [2.24, 2.45) is 0 Å². The molecule has 11 rings (SSSR count). The highest BCUT2D eigenvalue weighted by Crippen LogP contribution is 2.49. The van der Waals surface area contributed by atoms with E-state index in [1.807, 2.05) is 22.7 Å². The summed E-state index contributed by atoms with van der Waals surface area (Å²) in [5.74, 6) is 0. The summed E-state index contributed by atoms with van der Waals surface area (Å²) in [6, 6.07) is 69.0. The largest absolute Gasteiger partial charge is 0.310 e. The molecule has 0 saturated heterocycles. The zero-order valence-corrected chi connectivity index (χ0v) is 30.3. The lowest BCUT2D eigenvalue weighted by Crippen LogP contribution is -2.09. The number of para-hydroxylation sites is 1. The Bertz CT molecular complexity index is 3170. The third-order valence-corrected chi connectivity index (χ3v) is 13.0. The molecule has 0 aliphatic rings. The second-order valence-corrected chi connectivity index (χ2v) is 15.8. The van der Waals surface area contributed by atoms with Crippen molar-refractivity contribution in [1.82, 2.24) is 0 Å². The zero-order valence-electron chi connectivity index (χ0n) is 28.7. The number of fused-ring (bicyclic) bond motifs is 9. The van der Waals surface area contributed by atoms with Crippen LogP contribution in [0, 0.1) is 0 Å². The van der Waals surface area contributed by atoms with Crippen molar-refractivity contribution >= 4 is 102 Å². The first-order valence-electron chi connectivity index (χ1n) is 18.0. The van der Waals surface area contributed by atoms with E-state index in [0.29, 0.717) is 0 Å². The molecule has 0 saturated carbocycles. The summed E-state index contributed by atoms with van der Waals surface area (Å²) in [5, 5.41) is 10.3. The van der Waals surface area contributed by atoms with Gasteiger partial charge >= 0.3 is 0 Å². The Labute approximate surface area is 315 Å². The van der Waals surface area contributed by atoms with E-state index >= 15 is 0 Å². The molecule has 0 aliphatic heterocycles. The molecular formula is C50H31NS2. The van der Waals surface area contributed by atoms with Crippen molar-refractivity contribution < 1.29 is 0 Å². The second-order valence-electron chi connectivity index (χ2n) is 13.7. The summed E-state index contributed by atoms with van der Waals surface area (Å²) in [6.45, 7) is 0. The number of hydrogen-bond donors (Lipinski definition) is 0. The maximum absolute atomic E-state index is 2.47. The minimum absolute atomic E-state index is 1.14. The lowest BCUT2D eigenvalue weighted by Gasteiger charge is -2.26. The Balaban J connectivity index is 1.14. The smallest absolute Gasteiger partial charge is 0.0476 e. The van der Waals surface area contributed by atoms with Crippen molar-refractivity contribution in [1.29, 1.82) is 0 Å². The van der Waals surface area contributed by atoms with Crippen LogP contribution in [0.5, 0.6) is 0 Å². The maximum atomic E-state index is 2.47. The Morgan fingerprint density at radius 2 is 0.962 bits per heavy atom. The van der Waals surface area contributed by atoms with Crippen LogP contribution >= 0.6 is 22.7 Å². The second kappa shape index (κ2) is 12.2. The summed E-state index contributed by atoms with van der Waals surface area (Å²) in [6.07, 6.45) is 0. The third kappa shape index (κ3) is 4.89. The molecule has 248 valence electrons. The van der Waals surface area contributed by atoms with Crippen LogP contribution in [0.4, 0.5) is 17.1 Å². The molecule has 0 radical (unpaired) electrons. The van der Waals surface area contributed by atoms with Crippen LogP contribution in [0.25, 0.3) is 84.1 Å². The molecule has 2 aromatic heterocycles. The molecule has 1 nitrogen and oxygen atoms in total. The molecule has 0 atom stereocenters. The summed E-state index contributed by atoms with van der Waals surface area (Å²) in [5.41, 5.74) is 8.56. The topological polar surface area (TPSA) is 3.24 Å². The fourth-order valence-electron chi connectivity index (χ4n) is 8.19. The van der Waals surface area contributed by atoms with E-state index < -0.39 is 0 Å². The number of benzene rings is 9. The fraction of sp³-hybridized carbons (Fsp3) is 0. The minimum Gasteiger partial charge on any atom is -0.310 e. The van der Waals surface area contributed by atoms with E-state index in [1.54, 1.807) is 0 Å². The van der Waals surface area contributed by atoms with E-state index in [0.717, 1.165) is 17.1 Å². The molecule has 0 unspecified atom stereocenters. The highest BCUT2D eigenvalue weighted by molar-refractivity contribution is 7.27. The van der Waals surface area contributed by atoms with Crippen LogP contribution in [0.3, 0.4) is 0 Å². The lowest BCUT2D eigenvalue weighted by molar-refractivity contribution is 1.30. The molecule has 2 heterocycles. The number of rotatable bonds is 5. The third-order valence-electron chi connectivity index (χ3n) is 10.6. The highest BCUT2D eigenvalue weighted by Gasteiger charge is 2.20. The highest BCUT2D eigenvalue weighted by atomic mass is 32.1. The van der Waals surface area contributed by atoms with Gasteiger partial charge in [0, 0.05) is 68.4 Å². The van der Waals surface area contributed by atoms with Gasteiger partial charge in [0.25, 0.3) is 0 Å². The van der Waals surface area contributed by atoms with Crippen LogP contribution in [-0.4, -0.2) is 0 Å². The van der Waals surface area contributed by atoms with Crippen molar-refractivity contribution in [3.8, 4) is 22.3 Å². The van der Waals surface area contributed by atoms with Crippen LogP contribution in [0.1, 0.15) is 0 Å². The summed E-state index contributed by atoms with van der Waals surface area (Å²) in [7, 11) is 0. The lowest BCUT2D eigenvalue weighted by atomic mass is 9.91. The first-order valence-corrected chi connectivity index (χ1v) is 19.6. The molecule has 9 aromatic carbocycles. The average molecular weight is 710 g/mol. The Kier molecular flexibility index (Phi) is 6.97. The molecule has 0 N–H and O–H groups in total. The fourth-order valence-corrected chi connectivity index (χ4v) is 10.7. The number of nitrogens with zero attached hydrogens (tertiary/aromatic N) is 1. The van der Waals surface area contributed by atoms with Gasteiger partial charge in [-0.3, -0.25) is 0 Å². The van der Waals surface area contributed by atoms with Crippen LogP contribution in [-0.2, 0) is 0 Å². The molecule has 0 spiro atoms. The van der Waals surface area contributed by atoms with Gasteiger partial charge in [-0.05, 0) is 81.4 Å². The summed E-state index contributed by atoms with van der Waals surface area (Å²) >= 11 is 3.81. The van der Waals surface area contributed by atoms with Gasteiger partial charge in [-0.2, -0.15) is 0 Å². The van der Waals surface area contributed by atoms with Crippen LogP contribution < -0.4 is 4.90 Å². The zero-order chi connectivity index (χ0) is 34.9. The van der Waals surface area contributed by atoms with Crippen molar-refractivity contribution in [3.63, 3.8) is 0 Å². The Morgan fingerprint density at radius 1 is 0.321 bits per heavy atom. The quantitative estimate of drug-likeness (QED) is 0.172. The van der Waals surface area contributed by atoms with Gasteiger partial charge in [-0.1, -0.05) is 140 Å². The normalized spacial score (nSPS) is 11.8. The molecule has 0 bridgehead atoms. The maximum Gasteiger partial charge on any atom is 0.0476 e. The Morgan fingerprint density at radius 3 is 1.81 bits per heavy atom. The molecule has 11 aromatic rings. The summed E-state index contributed by atoms with van der Waals surface area (Å²) < 4.78 is 5.28. The predicted molar refractivity (Wildman–Crippen MR) is 233 cm³/mol. The average Bonchev–Trinajstić information content (AvgIpc) is 3.80. The van der Waals surface area contributed by atoms with E-state index in [2.05, 4.69) is 193 Å². The summed E-state index contributed by atoms with van der Waals surface area (Å²) in [4.78, 5) is 2.38. The van der Waals surface area contributed by atoms with E-state index in [1.165, 1.54) is 84.1 Å². The van der Waals surface area contributed by atoms with Gasteiger partial charge in [0.15, 0.2) is 0 Å². The molecule has 3 heteroatoms. The Hall–Kier alpha value is -6.26. The number of hydrogen-bond acceptors (Lipinski definition) is 3. The number of thiophene rings is 2. The van der Waals surface area contributed by atoms with Gasteiger partial charge in [0.1, 0.15) is 0 Å². The molecule has 0 aliphatic carbocycles. The first kappa shape index (κ1) is 30.4. The molecule has 53 heavy (non-hydrogen) atoms. The van der Waals surface area contributed by atoms with Crippen LogP contribution in [0.15, 0.2) is 188 Å².